The molecule has 92 valence electrons. The molecule has 1 aromatic heterocycles. The van der Waals surface area contributed by atoms with E-state index >= 15 is 0 Å². The van der Waals surface area contributed by atoms with Crippen LogP contribution in [0.25, 0.3) is 0 Å². The van der Waals surface area contributed by atoms with Crippen molar-refractivity contribution in [3.05, 3.63) is 20.3 Å². The average Bonchev–Trinajstić information content (AvgIpc) is 2.33. The molecule has 6 nitrogen and oxygen atoms in total. The first kappa shape index (κ1) is 12.3. The van der Waals surface area contributed by atoms with E-state index in [1.165, 1.54) is 6.33 Å². The van der Waals surface area contributed by atoms with Crippen molar-refractivity contribution in [2.75, 3.05) is 18.0 Å². The lowest BCUT2D eigenvalue weighted by Gasteiger charge is -2.31. The standard InChI is InChI=1S/C10H13IN4O2/c11-7-9(13-5-14-10(7)17)15-3-1-6(2-4-15)8(12)16/h5-6H,1-4H2,(H2,12,16)(H,13,14,17). The Morgan fingerprint density at radius 2 is 2.18 bits per heavy atom. The number of aromatic amines is 1. The number of piperidine rings is 1. The van der Waals surface area contributed by atoms with Gasteiger partial charge in [-0.05, 0) is 35.4 Å². The predicted molar refractivity (Wildman–Crippen MR) is 71.7 cm³/mol. The molecule has 1 aliphatic heterocycles. The smallest absolute Gasteiger partial charge is 0.266 e. The van der Waals surface area contributed by atoms with Gasteiger partial charge in [-0.3, -0.25) is 9.59 Å². The summed E-state index contributed by atoms with van der Waals surface area (Å²) in [4.78, 5) is 31.2. The van der Waals surface area contributed by atoms with Gasteiger partial charge in [0.05, 0.1) is 6.33 Å². The summed E-state index contributed by atoms with van der Waals surface area (Å²) in [6.45, 7) is 1.42. The molecule has 1 aliphatic rings. The quantitative estimate of drug-likeness (QED) is 0.741. The molecule has 0 atom stereocenters. The first-order chi connectivity index (χ1) is 8.09. The number of hydrogen-bond donors (Lipinski definition) is 2. The van der Waals surface area contributed by atoms with Crippen LogP contribution in [0.1, 0.15) is 12.8 Å². The highest BCUT2D eigenvalue weighted by Crippen LogP contribution is 2.23. The van der Waals surface area contributed by atoms with Crippen LogP contribution in [0, 0.1) is 9.49 Å². The minimum Gasteiger partial charge on any atom is -0.369 e. The maximum atomic E-state index is 11.5. The molecule has 1 fully saturated rings. The van der Waals surface area contributed by atoms with Crippen LogP contribution < -0.4 is 16.2 Å². The minimum absolute atomic E-state index is 0.0501. The highest BCUT2D eigenvalue weighted by atomic mass is 127. The maximum Gasteiger partial charge on any atom is 0.266 e. The Hall–Kier alpha value is -1.12. The van der Waals surface area contributed by atoms with Crippen molar-refractivity contribution in [1.82, 2.24) is 9.97 Å². The zero-order valence-electron chi connectivity index (χ0n) is 9.15. The van der Waals surface area contributed by atoms with Crippen LogP contribution in [-0.4, -0.2) is 29.0 Å². The molecule has 2 heterocycles. The van der Waals surface area contributed by atoms with Gasteiger partial charge >= 0.3 is 0 Å². The van der Waals surface area contributed by atoms with Crippen LogP contribution in [0.3, 0.4) is 0 Å². The Morgan fingerprint density at radius 3 is 2.76 bits per heavy atom. The second-order valence-electron chi connectivity index (χ2n) is 4.03. The van der Waals surface area contributed by atoms with E-state index in [1.54, 1.807) is 0 Å². The third-order valence-electron chi connectivity index (χ3n) is 2.98. The van der Waals surface area contributed by atoms with Crippen LogP contribution in [0.5, 0.6) is 0 Å². The summed E-state index contributed by atoms with van der Waals surface area (Å²) in [7, 11) is 0. The largest absolute Gasteiger partial charge is 0.369 e. The number of hydrogen-bond acceptors (Lipinski definition) is 4. The SMILES string of the molecule is NC(=O)C1CCN(c2nc[nH]c(=O)c2I)CC1. The molecular weight excluding hydrogens is 335 g/mol. The van der Waals surface area contributed by atoms with Gasteiger partial charge in [0.2, 0.25) is 5.91 Å². The van der Waals surface area contributed by atoms with Gasteiger partial charge in [0.1, 0.15) is 9.39 Å². The molecule has 1 amide bonds. The molecule has 0 spiro atoms. The molecule has 0 bridgehead atoms. The van der Waals surface area contributed by atoms with Crippen molar-refractivity contribution < 1.29 is 4.79 Å². The normalized spacial score (nSPS) is 17.1. The molecule has 1 aromatic rings. The molecule has 0 radical (unpaired) electrons. The Morgan fingerprint density at radius 1 is 1.53 bits per heavy atom. The van der Waals surface area contributed by atoms with Crippen LogP contribution in [-0.2, 0) is 4.79 Å². The highest BCUT2D eigenvalue weighted by Gasteiger charge is 2.25. The molecule has 0 unspecified atom stereocenters. The van der Waals surface area contributed by atoms with E-state index in [0.717, 1.165) is 12.8 Å². The molecule has 17 heavy (non-hydrogen) atoms. The second-order valence-corrected chi connectivity index (χ2v) is 5.11. The van der Waals surface area contributed by atoms with E-state index in [4.69, 9.17) is 5.73 Å². The first-order valence-electron chi connectivity index (χ1n) is 5.37. The Bertz CT molecular complexity index is 479. The summed E-state index contributed by atoms with van der Waals surface area (Å²) in [5.41, 5.74) is 5.14. The van der Waals surface area contributed by atoms with Crippen LogP contribution in [0.4, 0.5) is 5.82 Å². The van der Waals surface area contributed by atoms with Crippen LogP contribution >= 0.6 is 22.6 Å². The van der Waals surface area contributed by atoms with E-state index in [1.807, 2.05) is 27.5 Å². The fourth-order valence-electron chi connectivity index (χ4n) is 1.97. The molecule has 0 aliphatic carbocycles. The molecule has 2 rings (SSSR count). The number of nitrogens with two attached hydrogens (primary N) is 1. The van der Waals surface area contributed by atoms with Gasteiger partial charge in [0.25, 0.3) is 5.56 Å². The second kappa shape index (κ2) is 5.03. The molecular formula is C10H13IN4O2. The van der Waals surface area contributed by atoms with E-state index in [0.29, 0.717) is 22.5 Å². The average molecular weight is 348 g/mol. The number of aromatic nitrogens is 2. The van der Waals surface area contributed by atoms with Gasteiger partial charge < -0.3 is 15.6 Å². The summed E-state index contributed by atoms with van der Waals surface area (Å²) in [5, 5.41) is 0. The van der Waals surface area contributed by atoms with Crippen molar-refractivity contribution >= 4 is 34.3 Å². The molecule has 0 saturated carbocycles. The summed E-state index contributed by atoms with van der Waals surface area (Å²) < 4.78 is 0.586. The monoisotopic (exact) mass is 348 g/mol. The van der Waals surface area contributed by atoms with Crippen molar-refractivity contribution in [3.8, 4) is 0 Å². The van der Waals surface area contributed by atoms with Gasteiger partial charge in [0.15, 0.2) is 0 Å². The predicted octanol–water partition coefficient (Wildman–Crippen LogP) is 0.0762. The number of nitrogens with one attached hydrogen (secondary N) is 1. The van der Waals surface area contributed by atoms with Crippen LogP contribution in [0.2, 0.25) is 0 Å². The summed E-state index contributed by atoms with van der Waals surface area (Å²) >= 11 is 1.99. The molecule has 7 heteroatoms. The van der Waals surface area contributed by atoms with E-state index < -0.39 is 0 Å². The number of nitrogens with zero attached hydrogens (tertiary/aromatic N) is 2. The van der Waals surface area contributed by atoms with Gasteiger partial charge in [-0.2, -0.15) is 0 Å². The van der Waals surface area contributed by atoms with Gasteiger partial charge in [-0.25, -0.2) is 4.98 Å². The van der Waals surface area contributed by atoms with E-state index in [9.17, 15) is 9.59 Å². The summed E-state index contributed by atoms with van der Waals surface area (Å²) in [6, 6.07) is 0. The number of carbonyl (C=O) groups excluding carboxylic acids is 1. The zero-order chi connectivity index (χ0) is 12.4. The minimum atomic E-state index is -0.238. The number of rotatable bonds is 2. The topological polar surface area (TPSA) is 92.1 Å². The van der Waals surface area contributed by atoms with Crippen molar-refractivity contribution in [3.63, 3.8) is 0 Å². The van der Waals surface area contributed by atoms with Gasteiger partial charge in [-0.1, -0.05) is 0 Å². The van der Waals surface area contributed by atoms with E-state index in [2.05, 4.69) is 9.97 Å². The number of halogens is 1. The lowest BCUT2D eigenvalue weighted by atomic mass is 9.96. The number of H-pyrrole nitrogens is 1. The van der Waals surface area contributed by atoms with Crippen LogP contribution in [0.15, 0.2) is 11.1 Å². The van der Waals surface area contributed by atoms with Crippen molar-refractivity contribution in [2.24, 2.45) is 11.7 Å². The number of anilines is 1. The number of amides is 1. The maximum absolute atomic E-state index is 11.5. The third kappa shape index (κ3) is 2.59. The summed E-state index contributed by atoms with van der Waals surface area (Å²) in [6.07, 6.45) is 2.85. The van der Waals surface area contributed by atoms with E-state index in [-0.39, 0.29) is 17.4 Å². The summed E-state index contributed by atoms with van der Waals surface area (Å²) in [5.74, 6) is 0.404. The lowest BCUT2D eigenvalue weighted by molar-refractivity contribution is -0.122. The first-order valence-corrected chi connectivity index (χ1v) is 6.45. The fourth-order valence-corrected chi connectivity index (χ4v) is 2.61. The third-order valence-corrected chi connectivity index (χ3v) is 3.95. The Balaban J connectivity index is 2.13. The molecule has 0 aromatic carbocycles. The van der Waals surface area contributed by atoms with Crippen molar-refractivity contribution in [2.45, 2.75) is 12.8 Å². The fraction of sp³-hybridized carbons (Fsp3) is 0.500. The number of carbonyl (C=O) groups is 1. The van der Waals surface area contributed by atoms with Gasteiger partial charge in [-0.15, -0.1) is 0 Å². The van der Waals surface area contributed by atoms with Gasteiger partial charge in [0, 0.05) is 19.0 Å². The number of primary amides is 1. The highest BCUT2D eigenvalue weighted by molar-refractivity contribution is 14.1. The Kier molecular flexibility index (Phi) is 3.65. The molecule has 3 N–H and O–H groups in total. The Labute approximate surface area is 112 Å². The lowest BCUT2D eigenvalue weighted by Crippen LogP contribution is -2.40. The zero-order valence-corrected chi connectivity index (χ0v) is 11.3. The molecule has 1 saturated heterocycles. The van der Waals surface area contributed by atoms with Crippen molar-refractivity contribution in [1.29, 1.82) is 0 Å².